The zero-order valence-corrected chi connectivity index (χ0v) is 7.77. The third kappa shape index (κ3) is 2.08. The van der Waals surface area contributed by atoms with E-state index >= 15 is 0 Å². The summed E-state index contributed by atoms with van der Waals surface area (Å²) in [5.74, 6) is 0. The van der Waals surface area contributed by atoms with Crippen molar-refractivity contribution in [3.63, 3.8) is 0 Å². The Bertz CT molecular complexity index is 261. The molecule has 0 saturated carbocycles. The minimum absolute atomic E-state index is 0.546. The van der Waals surface area contributed by atoms with Crippen LogP contribution < -0.4 is 0 Å². The summed E-state index contributed by atoms with van der Waals surface area (Å²) in [4.78, 5) is 10.2. The fourth-order valence-electron chi connectivity index (χ4n) is 1.19. The first-order chi connectivity index (χ1) is 5.75. The third-order valence-electron chi connectivity index (χ3n) is 1.87. The van der Waals surface area contributed by atoms with Crippen molar-refractivity contribution >= 4 is 17.9 Å². The van der Waals surface area contributed by atoms with Crippen molar-refractivity contribution in [1.29, 1.82) is 0 Å². The van der Waals surface area contributed by atoms with Gasteiger partial charge >= 0.3 is 0 Å². The second-order valence-corrected chi connectivity index (χ2v) is 3.15. The van der Waals surface area contributed by atoms with Crippen molar-refractivity contribution in [2.45, 2.75) is 19.8 Å². The van der Waals surface area contributed by atoms with Crippen LogP contribution in [0.1, 0.15) is 17.5 Å². The molecule has 0 heterocycles. The van der Waals surface area contributed by atoms with E-state index < -0.39 is 0 Å². The SMILES string of the molecule is Cc1cccc(Cl)c1CCC=O. The molecule has 0 spiro atoms. The smallest absolute Gasteiger partial charge is 0.120 e. The predicted molar refractivity (Wildman–Crippen MR) is 50.6 cm³/mol. The minimum atomic E-state index is 0.546. The van der Waals surface area contributed by atoms with E-state index in [1.165, 1.54) is 0 Å². The summed E-state index contributed by atoms with van der Waals surface area (Å²) in [7, 11) is 0. The van der Waals surface area contributed by atoms with E-state index in [-0.39, 0.29) is 0 Å². The van der Waals surface area contributed by atoms with Gasteiger partial charge in [0.15, 0.2) is 0 Å². The van der Waals surface area contributed by atoms with Gasteiger partial charge in [0.2, 0.25) is 0 Å². The fourth-order valence-corrected chi connectivity index (χ4v) is 1.50. The van der Waals surface area contributed by atoms with Crippen molar-refractivity contribution in [3.05, 3.63) is 34.3 Å². The highest BCUT2D eigenvalue weighted by Gasteiger charge is 2.01. The van der Waals surface area contributed by atoms with Crippen molar-refractivity contribution in [1.82, 2.24) is 0 Å². The average Bonchev–Trinajstić information content (AvgIpc) is 2.04. The minimum Gasteiger partial charge on any atom is -0.303 e. The maximum atomic E-state index is 10.2. The Kier molecular flexibility index (Phi) is 3.30. The Labute approximate surface area is 77.4 Å². The highest BCUT2D eigenvalue weighted by atomic mass is 35.5. The van der Waals surface area contributed by atoms with Gasteiger partial charge in [-0.3, -0.25) is 0 Å². The van der Waals surface area contributed by atoms with Crippen LogP contribution in [0.4, 0.5) is 0 Å². The highest BCUT2D eigenvalue weighted by molar-refractivity contribution is 6.31. The predicted octanol–water partition coefficient (Wildman–Crippen LogP) is 2.78. The average molecular weight is 183 g/mol. The lowest BCUT2D eigenvalue weighted by Crippen LogP contribution is -1.91. The van der Waals surface area contributed by atoms with Crippen molar-refractivity contribution in [3.8, 4) is 0 Å². The molecule has 0 bridgehead atoms. The van der Waals surface area contributed by atoms with Crippen LogP contribution in [0.25, 0.3) is 0 Å². The highest BCUT2D eigenvalue weighted by Crippen LogP contribution is 2.20. The largest absolute Gasteiger partial charge is 0.303 e. The Morgan fingerprint density at radius 1 is 1.50 bits per heavy atom. The molecule has 0 unspecified atom stereocenters. The van der Waals surface area contributed by atoms with Crippen LogP contribution >= 0.6 is 11.6 Å². The van der Waals surface area contributed by atoms with E-state index in [9.17, 15) is 4.79 Å². The van der Waals surface area contributed by atoms with Crippen LogP contribution in [0, 0.1) is 6.92 Å². The van der Waals surface area contributed by atoms with Gasteiger partial charge in [-0.1, -0.05) is 23.7 Å². The Morgan fingerprint density at radius 2 is 2.25 bits per heavy atom. The maximum Gasteiger partial charge on any atom is 0.120 e. The molecule has 2 heteroatoms. The molecular weight excluding hydrogens is 172 g/mol. The molecule has 64 valence electrons. The summed E-state index contributed by atoms with van der Waals surface area (Å²) in [6.07, 6.45) is 2.21. The van der Waals surface area contributed by atoms with Crippen LogP contribution in [-0.4, -0.2) is 6.29 Å². The summed E-state index contributed by atoms with van der Waals surface area (Å²) in [6.45, 7) is 2.01. The van der Waals surface area contributed by atoms with Crippen LogP contribution in [0.5, 0.6) is 0 Å². The zero-order chi connectivity index (χ0) is 8.97. The third-order valence-corrected chi connectivity index (χ3v) is 2.22. The first-order valence-electron chi connectivity index (χ1n) is 3.93. The molecule has 0 aliphatic carbocycles. The van der Waals surface area contributed by atoms with Crippen LogP contribution in [0.3, 0.4) is 0 Å². The summed E-state index contributed by atoms with van der Waals surface area (Å²) in [6, 6.07) is 5.78. The number of halogens is 1. The van der Waals surface area contributed by atoms with Crippen molar-refractivity contribution in [2.24, 2.45) is 0 Å². The van der Waals surface area contributed by atoms with Crippen LogP contribution in [0.2, 0.25) is 5.02 Å². The molecule has 12 heavy (non-hydrogen) atoms. The molecule has 0 amide bonds. The van der Waals surface area contributed by atoms with Gasteiger partial charge in [-0.2, -0.15) is 0 Å². The zero-order valence-electron chi connectivity index (χ0n) is 7.01. The van der Waals surface area contributed by atoms with Gasteiger partial charge in [0.25, 0.3) is 0 Å². The number of aldehydes is 1. The molecule has 0 aliphatic rings. The number of benzene rings is 1. The standard InChI is InChI=1S/C10H11ClO/c1-8-4-2-6-10(11)9(8)5-3-7-12/h2,4,6-7H,3,5H2,1H3. The topological polar surface area (TPSA) is 17.1 Å². The second kappa shape index (κ2) is 4.27. The van der Waals surface area contributed by atoms with Crippen molar-refractivity contribution in [2.75, 3.05) is 0 Å². The molecule has 1 aromatic rings. The Hall–Kier alpha value is -0.820. The van der Waals surface area contributed by atoms with E-state index in [0.717, 1.165) is 28.9 Å². The molecule has 1 nitrogen and oxygen atoms in total. The lowest BCUT2D eigenvalue weighted by molar-refractivity contribution is -0.107. The molecular formula is C10H11ClO. The van der Waals surface area contributed by atoms with E-state index in [0.29, 0.717) is 6.42 Å². The monoisotopic (exact) mass is 182 g/mol. The number of hydrogen-bond donors (Lipinski definition) is 0. The number of carbonyl (C=O) groups is 1. The summed E-state index contributed by atoms with van der Waals surface area (Å²) >= 11 is 5.95. The van der Waals surface area contributed by atoms with Gasteiger partial charge in [0, 0.05) is 11.4 Å². The van der Waals surface area contributed by atoms with Crippen molar-refractivity contribution < 1.29 is 4.79 Å². The lowest BCUT2D eigenvalue weighted by atomic mass is 10.0. The summed E-state index contributed by atoms with van der Waals surface area (Å²) in [5, 5.41) is 0.761. The maximum absolute atomic E-state index is 10.2. The number of rotatable bonds is 3. The molecule has 0 aliphatic heterocycles. The molecule has 0 saturated heterocycles. The number of hydrogen-bond acceptors (Lipinski definition) is 1. The molecule has 1 aromatic carbocycles. The van der Waals surface area contributed by atoms with E-state index in [2.05, 4.69) is 0 Å². The molecule has 0 radical (unpaired) electrons. The second-order valence-electron chi connectivity index (χ2n) is 2.74. The quantitative estimate of drug-likeness (QED) is 0.657. The van der Waals surface area contributed by atoms with E-state index in [4.69, 9.17) is 11.6 Å². The van der Waals surface area contributed by atoms with Crippen LogP contribution in [0.15, 0.2) is 18.2 Å². The van der Waals surface area contributed by atoms with Gasteiger partial charge in [0.05, 0.1) is 0 Å². The fraction of sp³-hybridized carbons (Fsp3) is 0.300. The normalized spacial score (nSPS) is 9.83. The van der Waals surface area contributed by atoms with Gasteiger partial charge in [-0.15, -0.1) is 0 Å². The first kappa shape index (κ1) is 9.27. The van der Waals surface area contributed by atoms with Gasteiger partial charge < -0.3 is 4.79 Å². The van der Waals surface area contributed by atoms with E-state index in [1.807, 2.05) is 25.1 Å². The van der Waals surface area contributed by atoms with Gasteiger partial charge in [-0.25, -0.2) is 0 Å². The Balaban J connectivity index is 2.88. The number of carbonyl (C=O) groups excluding carboxylic acids is 1. The number of aryl methyl sites for hydroxylation is 1. The van der Waals surface area contributed by atoms with Gasteiger partial charge in [-0.05, 0) is 30.5 Å². The lowest BCUT2D eigenvalue weighted by Gasteiger charge is -2.04. The van der Waals surface area contributed by atoms with Crippen LogP contribution in [-0.2, 0) is 11.2 Å². The molecule has 1 rings (SSSR count). The molecule has 0 atom stereocenters. The summed E-state index contributed by atoms with van der Waals surface area (Å²) < 4.78 is 0. The molecule has 0 fully saturated rings. The first-order valence-corrected chi connectivity index (χ1v) is 4.31. The summed E-state index contributed by atoms with van der Waals surface area (Å²) in [5.41, 5.74) is 2.25. The van der Waals surface area contributed by atoms with Gasteiger partial charge in [0.1, 0.15) is 6.29 Å². The molecule has 0 aromatic heterocycles. The molecule has 0 N–H and O–H groups in total. The van der Waals surface area contributed by atoms with E-state index in [1.54, 1.807) is 0 Å². The Morgan fingerprint density at radius 3 is 2.83 bits per heavy atom.